The van der Waals surface area contributed by atoms with Crippen molar-refractivity contribution in [2.24, 2.45) is 0 Å². The van der Waals surface area contributed by atoms with Crippen molar-refractivity contribution >= 4 is 0 Å². The summed E-state index contributed by atoms with van der Waals surface area (Å²) < 4.78 is 2.12. The minimum atomic E-state index is 0.531. The summed E-state index contributed by atoms with van der Waals surface area (Å²) in [5, 5.41) is 12.4. The fourth-order valence-corrected chi connectivity index (χ4v) is 3.96. The second kappa shape index (κ2) is 7.91. The molecular formula is C23H22N6. The Kier molecular flexibility index (Phi) is 4.82. The van der Waals surface area contributed by atoms with Gasteiger partial charge in [0.15, 0.2) is 5.82 Å². The van der Waals surface area contributed by atoms with Gasteiger partial charge in [-0.15, -0.1) is 0 Å². The Hall–Kier alpha value is -3.41. The fourth-order valence-electron chi connectivity index (χ4n) is 3.96. The Balaban J connectivity index is 1.38. The third kappa shape index (κ3) is 3.78. The first kappa shape index (κ1) is 17.7. The molecule has 5 rings (SSSR count). The fraction of sp³-hybridized carbons (Fsp3) is 0.261. The summed E-state index contributed by atoms with van der Waals surface area (Å²) in [4.78, 5) is 9.21. The van der Waals surface area contributed by atoms with Crippen LogP contribution in [0, 0.1) is 0 Å². The second-order valence-corrected chi connectivity index (χ2v) is 7.51. The van der Waals surface area contributed by atoms with Crippen molar-refractivity contribution in [1.82, 2.24) is 29.9 Å². The van der Waals surface area contributed by atoms with Crippen LogP contribution in [0.3, 0.4) is 0 Å². The summed E-state index contributed by atoms with van der Waals surface area (Å²) in [6.45, 7) is 0. The van der Waals surface area contributed by atoms with Crippen molar-refractivity contribution in [3.05, 3.63) is 67.5 Å². The lowest BCUT2D eigenvalue weighted by molar-refractivity contribution is 0.329. The van der Waals surface area contributed by atoms with E-state index in [-0.39, 0.29) is 0 Å². The van der Waals surface area contributed by atoms with E-state index >= 15 is 0 Å². The van der Waals surface area contributed by atoms with Crippen molar-refractivity contribution in [2.75, 3.05) is 0 Å². The van der Waals surface area contributed by atoms with Crippen molar-refractivity contribution in [2.45, 2.75) is 38.1 Å². The van der Waals surface area contributed by atoms with Crippen LogP contribution in [-0.4, -0.2) is 29.9 Å². The lowest BCUT2D eigenvalue weighted by Gasteiger charge is -2.21. The van der Waals surface area contributed by atoms with Gasteiger partial charge in [-0.1, -0.05) is 37.5 Å². The Bertz CT molecular complexity index is 1080. The molecule has 3 aromatic heterocycles. The van der Waals surface area contributed by atoms with E-state index in [0.29, 0.717) is 11.9 Å². The highest BCUT2D eigenvalue weighted by Crippen LogP contribution is 2.29. The maximum absolute atomic E-state index is 4.61. The summed E-state index contributed by atoms with van der Waals surface area (Å²) in [7, 11) is 0. The third-order valence-electron chi connectivity index (χ3n) is 5.57. The van der Waals surface area contributed by atoms with E-state index < -0.39 is 0 Å². The first-order valence-electron chi connectivity index (χ1n) is 10.1. The smallest absolute Gasteiger partial charge is 0.159 e. The van der Waals surface area contributed by atoms with Crippen molar-refractivity contribution in [3.8, 4) is 33.6 Å². The highest BCUT2D eigenvalue weighted by molar-refractivity contribution is 5.70. The number of hydrogen-bond donors (Lipinski definition) is 0. The summed E-state index contributed by atoms with van der Waals surface area (Å²) in [6.07, 6.45) is 17.6. The van der Waals surface area contributed by atoms with Gasteiger partial charge >= 0.3 is 0 Å². The number of rotatable bonds is 4. The quantitative estimate of drug-likeness (QED) is 0.498. The van der Waals surface area contributed by atoms with E-state index in [9.17, 15) is 0 Å². The molecule has 6 heteroatoms. The van der Waals surface area contributed by atoms with Crippen LogP contribution < -0.4 is 0 Å². The van der Waals surface area contributed by atoms with Gasteiger partial charge in [0.1, 0.15) is 0 Å². The molecule has 0 spiro atoms. The minimum absolute atomic E-state index is 0.531. The van der Waals surface area contributed by atoms with Crippen LogP contribution in [0.2, 0.25) is 0 Å². The molecular weight excluding hydrogens is 360 g/mol. The molecule has 0 N–H and O–H groups in total. The molecule has 0 bridgehead atoms. The molecule has 4 aromatic rings. The number of benzene rings is 1. The summed E-state index contributed by atoms with van der Waals surface area (Å²) in [5.41, 5.74) is 5.13. The Morgan fingerprint density at radius 3 is 2.34 bits per heavy atom. The van der Waals surface area contributed by atoms with Gasteiger partial charge in [0.05, 0.1) is 24.6 Å². The normalized spacial score (nSPS) is 14.8. The van der Waals surface area contributed by atoms with Crippen LogP contribution >= 0.6 is 0 Å². The molecule has 0 atom stereocenters. The monoisotopic (exact) mass is 382 g/mol. The van der Waals surface area contributed by atoms with Gasteiger partial charge in [-0.3, -0.25) is 4.68 Å². The van der Waals surface area contributed by atoms with E-state index in [1.165, 1.54) is 32.1 Å². The molecule has 1 fully saturated rings. The van der Waals surface area contributed by atoms with Crippen LogP contribution in [0.1, 0.15) is 38.1 Å². The number of aromatic nitrogens is 6. The van der Waals surface area contributed by atoms with E-state index in [1.54, 1.807) is 12.4 Å². The molecule has 1 saturated carbocycles. The molecule has 3 heterocycles. The number of hydrogen-bond acceptors (Lipinski definition) is 5. The molecule has 0 unspecified atom stereocenters. The van der Waals surface area contributed by atoms with Gasteiger partial charge in [-0.05, 0) is 30.5 Å². The lowest BCUT2D eigenvalue weighted by atomic mass is 9.96. The molecule has 1 aromatic carbocycles. The number of nitrogens with zero attached hydrogens (tertiary/aromatic N) is 6. The van der Waals surface area contributed by atoms with Gasteiger partial charge in [-0.25, -0.2) is 9.97 Å². The topological polar surface area (TPSA) is 69.4 Å². The van der Waals surface area contributed by atoms with Crippen LogP contribution in [0.5, 0.6) is 0 Å². The molecule has 144 valence electrons. The zero-order chi connectivity index (χ0) is 19.5. The minimum Gasteiger partial charge on any atom is -0.269 e. The largest absolute Gasteiger partial charge is 0.269 e. The average Bonchev–Trinajstić information content (AvgIpc) is 3.31. The van der Waals surface area contributed by atoms with E-state index in [1.807, 2.05) is 36.8 Å². The molecule has 0 aliphatic heterocycles. The summed E-state index contributed by atoms with van der Waals surface area (Å²) in [6, 6.07) is 10.6. The first-order chi connectivity index (χ1) is 14.4. The van der Waals surface area contributed by atoms with Crippen molar-refractivity contribution in [1.29, 1.82) is 0 Å². The highest BCUT2D eigenvalue weighted by Gasteiger charge is 2.16. The SMILES string of the molecule is c1cc(-c2ccnnc2)cc(-c2ncc(-c3cnn(C4CCCCC4)c3)cn2)c1. The molecule has 29 heavy (non-hydrogen) atoms. The Labute approximate surface area is 169 Å². The molecule has 0 amide bonds. The molecule has 1 aliphatic rings. The maximum atomic E-state index is 4.61. The highest BCUT2D eigenvalue weighted by atomic mass is 15.3. The Morgan fingerprint density at radius 2 is 1.55 bits per heavy atom. The van der Waals surface area contributed by atoms with Crippen LogP contribution in [0.4, 0.5) is 0 Å². The lowest BCUT2D eigenvalue weighted by Crippen LogP contribution is -2.12. The first-order valence-corrected chi connectivity index (χ1v) is 10.1. The zero-order valence-electron chi connectivity index (χ0n) is 16.1. The Morgan fingerprint density at radius 1 is 0.724 bits per heavy atom. The summed E-state index contributed by atoms with van der Waals surface area (Å²) >= 11 is 0. The van der Waals surface area contributed by atoms with Gasteiger partial charge in [-0.2, -0.15) is 15.3 Å². The molecule has 0 saturated heterocycles. The molecule has 6 nitrogen and oxygen atoms in total. The van der Waals surface area contributed by atoms with Gasteiger partial charge < -0.3 is 0 Å². The second-order valence-electron chi connectivity index (χ2n) is 7.51. The predicted molar refractivity (Wildman–Crippen MR) is 112 cm³/mol. The third-order valence-corrected chi connectivity index (χ3v) is 5.57. The molecule has 1 aliphatic carbocycles. The van der Waals surface area contributed by atoms with Gasteiger partial charge in [0.2, 0.25) is 0 Å². The van der Waals surface area contributed by atoms with Crippen LogP contribution in [0.15, 0.2) is 67.5 Å². The van der Waals surface area contributed by atoms with Crippen molar-refractivity contribution in [3.63, 3.8) is 0 Å². The molecule has 0 radical (unpaired) electrons. The van der Waals surface area contributed by atoms with Gasteiger partial charge in [0, 0.05) is 40.8 Å². The van der Waals surface area contributed by atoms with Gasteiger partial charge in [0.25, 0.3) is 0 Å². The van der Waals surface area contributed by atoms with E-state index in [0.717, 1.165) is 27.8 Å². The van der Waals surface area contributed by atoms with E-state index in [4.69, 9.17) is 0 Å². The van der Waals surface area contributed by atoms with E-state index in [2.05, 4.69) is 48.3 Å². The summed E-state index contributed by atoms with van der Waals surface area (Å²) in [5.74, 6) is 0.706. The van der Waals surface area contributed by atoms with Crippen molar-refractivity contribution < 1.29 is 0 Å². The zero-order valence-corrected chi connectivity index (χ0v) is 16.1. The standard InChI is InChI=1S/C23H22N6/c1-2-7-22(8-3-1)29-16-21(15-28-29)20-12-24-23(25-13-20)18-6-4-5-17(11-18)19-9-10-26-27-14-19/h4-6,9-16,22H,1-3,7-8H2. The maximum Gasteiger partial charge on any atom is 0.159 e. The van der Waals surface area contributed by atoms with Crippen LogP contribution in [-0.2, 0) is 0 Å². The average molecular weight is 382 g/mol. The predicted octanol–water partition coefficient (Wildman–Crippen LogP) is 4.97. The van der Waals surface area contributed by atoms with Crippen LogP contribution in [0.25, 0.3) is 33.6 Å².